The number of aldehydes is 1. The van der Waals surface area contributed by atoms with Gasteiger partial charge in [-0.15, -0.1) is 10.2 Å². The molecule has 48 heavy (non-hydrogen) atoms. The molecule has 2 N–H and O–H groups in total. The van der Waals surface area contributed by atoms with E-state index in [4.69, 9.17) is 28.2 Å². The third-order valence-corrected chi connectivity index (χ3v) is 10.3. The minimum atomic E-state index is -0.400. The van der Waals surface area contributed by atoms with Gasteiger partial charge in [0.1, 0.15) is 18.2 Å². The second kappa shape index (κ2) is 14.9. The van der Waals surface area contributed by atoms with E-state index in [1.807, 2.05) is 17.0 Å². The topological polar surface area (TPSA) is 133 Å². The zero-order chi connectivity index (χ0) is 34.6. The van der Waals surface area contributed by atoms with Crippen molar-refractivity contribution < 1.29 is 14.4 Å². The molecule has 3 unspecified atom stereocenters. The van der Waals surface area contributed by atoms with Crippen LogP contribution in [0.25, 0.3) is 0 Å². The van der Waals surface area contributed by atoms with E-state index in [0.29, 0.717) is 51.5 Å². The van der Waals surface area contributed by atoms with Crippen LogP contribution in [0.5, 0.6) is 0 Å². The number of carbonyl (C=O) groups is 3. The zero-order valence-corrected chi connectivity index (χ0v) is 29.8. The van der Waals surface area contributed by atoms with Crippen LogP contribution in [0.2, 0.25) is 10.0 Å². The van der Waals surface area contributed by atoms with Crippen molar-refractivity contribution in [3.63, 3.8) is 0 Å². The molecule has 0 spiro atoms. The van der Waals surface area contributed by atoms with Crippen LogP contribution in [0.3, 0.4) is 0 Å². The van der Waals surface area contributed by atoms with Crippen molar-refractivity contribution in [1.29, 1.82) is 0 Å². The van der Waals surface area contributed by atoms with E-state index in [1.54, 1.807) is 30.3 Å². The standard InChI is InChI=1S/C36H45Cl2N7O3/c1-35(2,3)14-13-29(22-9-11-23(12-10-22)33(47)39-21-30-41-43-44-42-30)45-32(24-7-6-8-26(17-24)36(4,5)15-16-46)40-31(34(45)48)25-18-27(37)20-28(38)19-25/h9-12,16,18-20,24,26,29,32H,6-8,13-15,17,21H2,1-5H3,(H,39,47)(H,41,42,43,44)/t24?,26?,29-,32?/m1/s1. The van der Waals surface area contributed by atoms with Crippen molar-refractivity contribution in [2.45, 2.75) is 98.3 Å². The van der Waals surface area contributed by atoms with Gasteiger partial charge >= 0.3 is 0 Å². The van der Waals surface area contributed by atoms with Crippen LogP contribution >= 0.6 is 23.2 Å². The van der Waals surface area contributed by atoms with E-state index >= 15 is 0 Å². The molecule has 4 atom stereocenters. The second-order valence-electron chi connectivity index (χ2n) is 15.0. The van der Waals surface area contributed by atoms with E-state index in [9.17, 15) is 14.4 Å². The fraction of sp³-hybridized carbons (Fsp3) is 0.528. The van der Waals surface area contributed by atoms with Crippen LogP contribution in [-0.4, -0.2) is 55.5 Å². The molecule has 10 nitrogen and oxygen atoms in total. The number of aromatic amines is 1. The number of benzene rings is 2. The van der Waals surface area contributed by atoms with Crippen LogP contribution in [0.1, 0.15) is 113 Å². The Morgan fingerprint density at radius 3 is 2.42 bits per heavy atom. The van der Waals surface area contributed by atoms with Gasteiger partial charge in [-0.05, 0) is 84.7 Å². The van der Waals surface area contributed by atoms with Crippen molar-refractivity contribution in [3.05, 3.63) is 75.0 Å². The summed E-state index contributed by atoms with van der Waals surface area (Å²) in [7, 11) is 0. The maximum absolute atomic E-state index is 14.7. The van der Waals surface area contributed by atoms with Crippen molar-refractivity contribution >= 4 is 47.0 Å². The van der Waals surface area contributed by atoms with Gasteiger partial charge < -0.3 is 15.0 Å². The summed E-state index contributed by atoms with van der Waals surface area (Å²) in [4.78, 5) is 46.3. The van der Waals surface area contributed by atoms with Crippen molar-refractivity contribution in [1.82, 2.24) is 30.8 Å². The molecule has 3 aromatic rings. The predicted molar refractivity (Wildman–Crippen MR) is 187 cm³/mol. The Balaban J connectivity index is 1.51. The fourth-order valence-electron chi connectivity index (χ4n) is 7.04. The highest BCUT2D eigenvalue weighted by Crippen LogP contribution is 2.47. The van der Waals surface area contributed by atoms with Gasteiger partial charge in [0.15, 0.2) is 5.82 Å². The first kappa shape index (κ1) is 35.7. The van der Waals surface area contributed by atoms with Crippen molar-refractivity contribution in [3.8, 4) is 0 Å². The molecule has 1 fully saturated rings. The average Bonchev–Trinajstić information content (AvgIpc) is 3.67. The van der Waals surface area contributed by atoms with Gasteiger partial charge in [-0.25, -0.2) is 0 Å². The van der Waals surface area contributed by atoms with Gasteiger partial charge in [-0.1, -0.05) is 81.6 Å². The number of tetrazole rings is 1. The maximum atomic E-state index is 14.7. The summed E-state index contributed by atoms with van der Waals surface area (Å²) < 4.78 is 0. The van der Waals surface area contributed by atoms with Gasteiger partial charge in [0.25, 0.3) is 11.8 Å². The average molecular weight is 695 g/mol. The summed E-state index contributed by atoms with van der Waals surface area (Å²) in [6.07, 6.45) is 6.53. The number of aliphatic imine (C=N–C) groups is 1. The van der Waals surface area contributed by atoms with E-state index in [-0.39, 0.29) is 41.1 Å². The number of hydrogen-bond donors (Lipinski definition) is 2. The molecule has 1 saturated carbocycles. The first-order valence-electron chi connectivity index (χ1n) is 16.7. The molecule has 1 aromatic heterocycles. The van der Waals surface area contributed by atoms with Gasteiger partial charge in [-0.2, -0.15) is 5.21 Å². The molecule has 0 radical (unpaired) electrons. The molecule has 2 amide bonds. The van der Waals surface area contributed by atoms with E-state index in [1.165, 1.54) is 0 Å². The molecule has 1 aliphatic heterocycles. The van der Waals surface area contributed by atoms with Crippen LogP contribution in [0.15, 0.2) is 47.5 Å². The lowest BCUT2D eigenvalue weighted by Gasteiger charge is -2.43. The van der Waals surface area contributed by atoms with Gasteiger partial charge in [-0.3, -0.25) is 14.6 Å². The van der Waals surface area contributed by atoms with Crippen molar-refractivity contribution in [2.75, 3.05) is 0 Å². The van der Waals surface area contributed by atoms with Gasteiger partial charge in [0.05, 0.1) is 12.6 Å². The van der Waals surface area contributed by atoms with E-state index in [0.717, 1.165) is 44.0 Å². The first-order chi connectivity index (χ1) is 22.8. The molecule has 2 aromatic carbocycles. The number of rotatable bonds is 12. The summed E-state index contributed by atoms with van der Waals surface area (Å²) in [5.74, 6) is 0.405. The van der Waals surface area contributed by atoms with Crippen molar-refractivity contribution in [2.24, 2.45) is 27.7 Å². The Kier molecular flexibility index (Phi) is 11.0. The molecular formula is C36H45Cl2N7O3. The lowest BCUT2D eigenvalue weighted by molar-refractivity contribution is -0.129. The Bertz CT molecular complexity index is 1610. The molecular weight excluding hydrogens is 649 g/mol. The summed E-state index contributed by atoms with van der Waals surface area (Å²) in [6, 6.07) is 12.3. The maximum Gasteiger partial charge on any atom is 0.274 e. The summed E-state index contributed by atoms with van der Waals surface area (Å²) in [5, 5.41) is 17.4. The highest BCUT2D eigenvalue weighted by molar-refractivity contribution is 6.47. The largest absolute Gasteiger partial charge is 0.345 e. The number of hydrogen-bond acceptors (Lipinski definition) is 7. The number of nitrogens with zero attached hydrogens (tertiary/aromatic N) is 5. The second-order valence-corrected chi connectivity index (χ2v) is 15.9. The normalized spacial score (nSPS) is 20.8. The predicted octanol–water partition coefficient (Wildman–Crippen LogP) is 7.38. The van der Waals surface area contributed by atoms with Gasteiger partial charge in [0.2, 0.25) is 0 Å². The third kappa shape index (κ3) is 8.50. The highest BCUT2D eigenvalue weighted by atomic mass is 35.5. The highest BCUT2D eigenvalue weighted by Gasteiger charge is 2.46. The SMILES string of the molecule is CC(C)(C)CC[C@H](c1ccc(C(=O)NCc2nn[nH]n2)cc1)N1C(=O)C(c2cc(Cl)cc(Cl)c2)=NC1C1CCCC(C(C)(C)CC=O)C1. The molecule has 0 saturated heterocycles. The van der Waals surface area contributed by atoms with E-state index in [2.05, 4.69) is 60.6 Å². The fourth-order valence-corrected chi connectivity index (χ4v) is 7.57. The Hall–Kier alpha value is -3.63. The molecule has 0 bridgehead atoms. The Labute approximate surface area is 292 Å². The summed E-state index contributed by atoms with van der Waals surface area (Å²) in [5.41, 5.74) is 2.25. The lowest BCUT2D eigenvalue weighted by Crippen LogP contribution is -2.45. The summed E-state index contributed by atoms with van der Waals surface area (Å²) >= 11 is 12.8. The Morgan fingerprint density at radius 2 is 1.79 bits per heavy atom. The molecule has 256 valence electrons. The number of aromatic nitrogens is 4. The Morgan fingerprint density at radius 1 is 1.08 bits per heavy atom. The smallest absolute Gasteiger partial charge is 0.274 e. The number of amides is 2. The van der Waals surface area contributed by atoms with Crippen LogP contribution in [-0.2, 0) is 16.1 Å². The number of halogens is 2. The molecule has 2 aliphatic rings. The lowest BCUT2D eigenvalue weighted by atomic mass is 9.66. The first-order valence-corrected chi connectivity index (χ1v) is 17.4. The van der Waals surface area contributed by atoms with Gasteiger partial charge in [0, 0.05) is 33.5 Å². The molecule has 2 heterocycles. The number of H-pyrrole nitrogens is 1. The van der Waals surface area contributed by atoms with Crippen LogP contribution in [0.4, 0.5) is 0 Å². The summed E-state index contributed by atoms with van der Waals surface area (Å²) in [6.45, 7) is 11.1. The minimum Gasteiger partial charge on any atom is -0.345 e. The molecule has 5 rings (SSSR count). The van der Waals surface area contributed by atoms with Crippen LogP contribution < -0.4 is 5.32 Å². The van der Waals surface area contributed by atoms with Crippen LogP contribution in [0, 0.1) is 22.7 Å². The minimum absolute atomic E-state index is 0.0183. The molecule has 12 heteroatoms. The number of nitrogens with one attached hydrogen (secondary N) is 2. The van der Waals surface area contributed by atoms with E-state index < -0.39 is 6.17 Å². The number of carbonyl (C=O) groups excluding carboxylic acids is 3. The monoisotopic (exact) mass is 693 g/mol. The quantitative estimate of drug-likeness (QED) is 0.190. The zero-order valence-electron chi connectivity index (χ0n) is 28.3. The molecule has 1 aliphatic carbocycles. The third-order valence-electron chi connectivity index (χ3n) is 9.83.